The third kappa shape index (κ3) is 3.68. The first kappa shape index (κ1) is 18.3. The van der Waals surface area contributed by atoms with E-state index in [1.807, 2.05) is 37.3 Å². The number of hydrogen-bond donors (Lipinski definition) is 1. The van der Waals surface area contributed by atoms with Crippen molar-refractivity contribution in [1.82, 2.24) is 4.31 Å². The summed E-state index contributed by atoms with van der Waals surface area (Å²) in [5, 5.41) is 4.25. The SMILES string of the molecule is CCOc1ccc(S(=O)(=O)N(C)C)cc1NCc1cc2ccccc2o1. The van der Waals surface area contributed by atoms with Crippen LogP contribution in [0.1, 0.15) is 12.7 Å². The van der Waals surface area contributed by atoms with E-state index in [-0.39, 0.29) is 4.90 Å². The number of nitrogens with zero attached hydrogens (tertiary/aromatic N) is 1. The van der Waals surface area contributed by atoms with Gasteiger partial charge in [-0.2, -0.15) is 0 Å². The van der Waals surface area contributed by atoms with Gasteiger partial charge in [-0.05, 0) is 37.3 Å². The Morgan fingerprint density at radius 2 is 1.88 bits per heavy atom. The molecule has 2 aromatic carbocycles. The van der Waals surface area contributed by atoms with Gasteiger partial charge in [0.25, 0.3) is 0 Å². The summed E-state index contributed by atoms with van der Waals surface area (Å²) in [4.78, 5) is 0.207. The van der Waals surface area contributed by atoms with E-state index in [1.165, 1.54) is 18.4 Å². The summed E-state index contributed by atoms with van der Waals surface area (Å²) in [7, 11) is -0.506. The van der Waals surface area contributed by atoms with E-state index in [0.29, 0.717) is 24.6 Å². The Labute approximate surface area is 153 Å². The van der Waals surface area contributed by atoms with Gasteiger partial charge in [0.2, 0.25) is 10.0 Å². The van der Waals surface area contributed by atoms with Crippen LogP contribution in [0.15, 0.2) is 57.8 Å². The molecule has 3 aromatic rings. The minimum atomic E-state index is -3.52. The molecule has 3 rings (SSSR count). The summed E-state index contributed by atoms with van der Waals surface area (Å²) in [6, 6.07) is 14.5. The third-order valence-electron chi connectivity index (χ3n) is 3.96. The lowest BCUT2D eigenvalue weighted by atomic mass is 10.2. The summed E-state index contributed by atoms with van der Waals surface area (Å²) >= 11 is 0. The maximum Gasteiger partial charge on any atom is 0.242 e. The molecular formula is C19H22N2O4S. The number of sulfonamides is 1. The standard InChI is InChI=1S/C19H22N2O4S/c1-4-24-19-10-9-16(26(22,23)21(2)3)12-17(19)20-13-15-11-14-7-5-6-8-18(14)25-15/h5-12,20H,4,13H2,1-3H3. The number of para-hydroxylation sites is 1. The topological polar surface area (TPSA) is 71.8 Å². The van der Waals surface area contributed by atoms with E-state index in [1.54, 1.807) is 18.2 Å². The molecule has 7 heteroatoms. The predicted octanol–water partition coefficient (Wildman–Crippen LogP) is 3.69. The van der Waals surface area contributed by atoms with Gasteiger partial charge >= 0.3 is 0 Å². The number of ether oxygens (including phenoxy) is 1. The van der Waals surface area contributed by atoms with Crippen LogP contribution in [0, 0.1) is 0 Å². The average molecular weight is 374 g/mol. The molecule has 138 valence electrons. The molecule has 0 radical (unpaired) electrons. The van der Waals surface area contributed by atoms with E-state index >= 15 is 0 Å². The highest BCUT2D eigenvalue weighted by Crippen LogP contribution is 2.30. The molecule has 1 heterocycles. The second kappa shape index (κ2) is 7.39. The first-order chi connectivity index (χ1) is 12.4. The maximum absolute atomic E-state index is 12.4. The van der Waals surface area contributed by atoms with E-state index in [0.717, 1.165) is 16.7 Å². The van der Waals surface area contributed by atoms with Crippen molar-refractivity contribution in [3.05, 3.63) is 54.3 Å². The van der Waals surface area contributed by atoms with Crippen LogP contribution in [0.5, 0.6) is 5.75 Å². The Morgan fingerprint density at radius 3 is 2.58 bits per heavy atom. The number of furan rings is 1. The van der Waals surface area contributed by atoms with Crippen LogP contribution < -0.4 is 10.1 Å². The lowest BCUT2D eigenvalue weighted by molar-refractivity contribution is 0.341. The van der Waals surface area contributed by atoms with Crippen molar-refractivity contribution in [2.75, 3.05) is 26.0 Å². The summed E-state index contributed by atoms with van der Waals surface area (Å²) in [5.41, 5.74) is 1.42. The fraction of sp³-hybridized carbons (Fsp3) is 0.263. The van der Waals surface area contributed by atoms with Crippen LogP contribution in [0.25, 0.3) is 11.0 Å². The fourth-order valence-electron chi connectivity index (χ4n) is 2.61. The van der Waals surface area contributed by atoms with Gasteiger partial charge in [-0.1, -0.05) is 18.2 Å². The molecule has 1 N–H and O–H groups in total. The number of anilines is 1. The highest BCUT2D eigenvalue weighted by Gasteiger charge is 2.19. The molecule has 26 heavy (non-hydrogen) atoms. The van der Waals surface area contributed by atoms with Crippen LogP contribution in [0.2, 0.25) is 0 Å². The Morgan fingerprint density at radius 1 is 1.12 bits per heavy atom. The van der Waals surface area contributed by atoms with E-state index in [4.69, 9.17) is 9.15 Å². The Bertz CT molecular complexity index is 976. The number of fused-ring (bicyclic) bond motifs is 1. The van der Waals surface area contributed by atoms with E-state index in [9.17, 15) is 8.42 Å². The van der Waals surface area contributed by atoms with Crippen LogP contribution in [-0.4, -0.2) is 33.4 Å². The quantitative estimate of drug-likeness (QED) is 0.683. The van der Waals surface area contributed by atoms with Crippen molar-refractivity contribution in [1.29, 1.82) is 0 Å². The Kier molecular flexibility index (Phi) is 5.20. The van der Waals surface area contributed by atoms with Gasteiger partial charge in [0.15, 0.2) is 0 Å². The second-order valence-electron chi connectivity index (χ2n) is 5.98. The largest absolute Gasteiger partial charge is 0.492 e. The van der Waals surface area contributed by atoms with Crippen LogP contribution in [0.3, 0.4) is 0 Å². The number of rotatable bonds is 7. The van der Waals surface area contributed by atoms with Crippen molar-refractivity contribution in [3.8, 4) is 5.75 Å². The average Bonchev–Trinajstić information content (AvgIpc) is 3.03. The van der Waals surface area contributed by atoms with E-state index in [2.05, 4.69) is 5.32 Å². The molecule has 0 amide bonds. The highest BCUT2D eigenvalue weighted by molar-refractivity contribution is 7.89. The molecule has 0 atom stereocenters. The first-order valence-electron chi connectivity index (χ1n) is 8.32. The van der Waals surface area contributed by atoms with Gasteiger partial charge in [0.05, 0.1) is 23.7 Å². The van der Waals surface area contributed by atoms with Crippen LogP contribution in [-0.2, 0) is 16.6 Å². The minimum absolute atomic E-state index is 0.207. The van der Waals surface area contributed by atoms with Crippen molar-refractivity contribution in [2.45, 2.75) is 18.4 Å². The number of hydrogen-bond acceptors (Lipinski definition) is 5. The molecule has 0 bridgehead atoms. The van der Waals surface area contributed by atoms with Crippen LogP contribution in [0.4, 0.5) is 5.69 Å². The number of nitrogens with one attached hydrogen (secondary N) is 1. The van der Waals surface area contributed by atoms with Gasteiger partial charge in [-0.15, -0.1) is 0 Å². The van der Waals surface area contributed by atoms with E-state index < -0.39 is 10.0 Å². The molecule has 0 aliphatic carbocycles. The maximum atomic E-state index is 12.4. The van der Waals surface area contributed by atoms with Gasteiger partial charge in [-0.3, -0.25) is 0 Å². The normalized spacial score (nSPS) is 11.8. The zero-order chi connectivity index (χ0) is 18.7. The molecule has 1 aromatic heterocycles. The third-order valence-corrected chi connectivity index (χ3v) is 5.77. The Hall–Kier alpha value is -2.51. The minimum Gasteiger partial charge on any atom is -0.492 e. The lowest BCUT2D eigenvalue weighted by Crippen LogP contribution is -2.22. The summed E-state index contributed by atoms with van der Waals surface area (Å²) in [6.07, 6.45) is 0. The molecule has 0 saturated heterocycles. The summed E-state index contributed by atoms with van der Waals surface area (Å²) in [6.45, 7) is 2.78. The van der Waals surface area contributed by atoms with Crippen molar-refractivity contribution in [3.63, 3.8) is 0 Å². The Balaban J connectivity index is 1.88. The predicted molar refractivity (Wildman–Crippen MR) is 102 cm³/mol. The zero-order valence-electron chi connectivity index (χ0n) is 15.0. The van der Waals surface area contributed by atoms with Gasteiger partial charge in [0.1, 0.15) is 17.1 Å². The highest BCUT2D eigenvalue weighted by atomic mass is 32.2. The van der Waals surface area contributed by atoms with Crippen molar-refractivity contribution < 1.29 is 17.6 Å². The first-order valence-corrected chi connectivity index (χ1v) is 9.76. The fourth-order valence-corrected chi connectivity index (χ4v) is 3.53. The molecule has 0 fully saturated rings. The molecule has 0 unspecified atom stereocenters. The smallest absolute Gasteiger partial charge is 0.242 e. The second-order valence-corrected chi connectivity index (χ2v) is 8.13. The molecule has 6 nitrogen and oxygen atoms in total. The van der Waals surface area contributed by atoms with Gasteiger partial charge in [-0.25, -0.2) is 12.7 Å². The van der Waals surface area contributed by atoms with Crippen LogP contribution >= 0.6 is 0 Å². The molecule has 0 spiro atoms. The summed E-state index contributed by atoms with van der Waals surface area (Å²) in [5.74, 6) is 1.36. The van der Waals surface area contributed by atoms with Gasteiger partial charge in [0, 0.05) is 19.5 Å². The van der Waals surface area contributed by atoms with Crippen molar-refractivity contribution >= 4 is 26.7 Å². The van der Waals surface area contributed by atoms with Gasteiger partial charge < -0.3 is 14.5 Å². The number of benzene rings is 2. The van der Waals surface area contributed by atoms with Crippen molar-refractivity contribution in [2.24, 2.45) is 0 Å². The zero-order valence-corrected chi connectivity index (χ0v) is 15.8. The monoisotopic (exact) mass is 374 g/mol. The molecular weight excluding hydrogens is 352 g/mol. The molecule has 0 aliphatic rings. The molecule has 0 saturated carbocycles. The lowest BCUT2D eigenvalue weighted by Gasteiger charge is -2.16. The molecule has 0 aliphatic heterocycles. The summed E-state index contributed by atoms with van der Waals surface area (Å²) < 4.78 is 37.4.